The molecule has 0 saturated heterocycles. The molecule has 4 heteroatoms. The van der Waals surface area contributed by atoms with Gasteiger partial charge in [0.2, 0.25) is 0 Å². The number of nitrogens with zero attached hydrogens (tertiary/aromatic N) is 3. The highest BCUT2D eigenvalue weighted by molar-refractivity contribution is 6.18. The Hall–Kier alpha value is -7.43. The molecule has 0 amide bonds. The maximum atomic E-state index is 6.60. The lowest BCUT2D eigenvalue weighted by Crippen LogP contribution is -2.00. The number of hydrogen-bond donors (Lipinski definition) is 0. The number of fused-ring (bicyclic) bond motifs is 7. The predicted octanol–water partition coefficient (Wildman–Crippen LogP) is 13.6. The highest BCUT2D eigenvalue weighted by Gasteiger charge is 2.20. The summed E-state index contributed by atoms with van der Waals surface area (Å²) in [6.45, 7) is 0. The molecule has 256 valence electrons. The topological polar surface area (TPSA) is 51.8 Å². The van der Waals surface area contributed by atoms with Crippen LogP contribution in [0.1, 0.15) is 0 Å². The van der Waals surface area contributed by atoms with Crippen LogP contribution in [0.15, 0.2) is 192 Å². The van der Waals surface area contributed by atoms with Crippen molar-refractivity contribution in [2.75, 3.05) is 0 Å². The molecule has 55 heavy (non-hydrogen) atoms. The third-order valence-electron chi connectivity index (χ3n) is 10.7. The molecule has 2 aromatic heterocycles. The Balaban J connectivity index is 1.13. The van der Waals surface area contributed by atoms with Gasteiger partial charge in [0.15, 0.2) is 17.5 Å². The van der Waals surface area contributed by atoms with Gasteiger partial charge in [-0.25, -0.2) is 15.0 Å². The number of rotatable bonds is 5. The molecule has 9 aromatic carbocycles. The Bertz CT molecular complexity index is 3260. The Kier molecular flexibility index (Phi) is 7.14. The smallest absolute Gasteiger partial charge is 0.164 e. The summed E-state index contributed by atoms with van der Waals surface area (Å²) in [7, 11) is 0. The van der Waals surface area contributed by atoms with E-state index in [0.717, 1.165) is 66.3 Å². The van der Waals surface area contributed by atoms with Crippen molar-refractivity contribution in [1.29, 1.82) is 0 Å². The van der Waals surface area contributed by atoms with E-state index >= 15 is 0 Å². The van der Waals surface area contributed by atoms with Gasteiger partial charge in [-0.1, -0.05) is 164 Å². The van der Waals surface area contributed by atoms with Crippen LogP contribution in [0, 0.1) is 0 Å². The van der Waals surface area contributed by atoms with Crippen LogP contribution in [0.2, 0.25) is 0 Å². The van der Waals surface area contributed by atoms with Gasteiger partial charge in [0, 0.05) is 27.5 Å². The summed E-state index contributed by atoms with van der Waals surface area (Å²) in [5.74, 6) is 1.82. The second kappa shape index (κ2) is 12.6. The summed E-state index contributed by atoms with van der Waals surface area (Å²) in [6.07, 6.45) is 0. The first-order chi connectivity index (χ1) is 27.2. The first kappa shape index (κ1) is 31.1. The normalized spacial score (nSPS) is 11.6. The van der Waals surface area contributed by atoms with Crippen molar-refractivity contribution in [3.8, 4) is 56.4 Å². The second-order valence-electron chi connectivity index (χ2n) is 14.0. The Morgan fingerprint density at radius 2 is 0.818 bits per heavy atom. The van der Waals surface area contributed by atoms with Gasteiger partial charge in [-0.15, -0.1) is 0 Å². The zero-order valence-electron chi connectivity index (χ0n) is 29.6. The number of hydrogen-bond acceptors (Lipinski definition) is 4. The van der Waals surface area contributed by atoms with E-state index < -0.39 is 0 Å². The van der Waals surface area contributed by atoms with Crippen LogP contribution in [0.5, 0.6) is 0 Å². The molecule has 0 bridgehead atoms. The lowest BCUT2D eigenvalue weighted by molar-refractivity contribution is 0.669. The van der Waals surface area contributed by atoms with Crippen LogP contribution >= 0.6 is 0 Å². The lowest BCUT2D eigenvalue weighted by Gasteiger charge is -2.11. The van der Waals surface area contributed by atoms with Gasteiger partial charge in [-0.05, 0) is 78.8 Å². The number of aromatic nitrogens is 3. The quantitative estimate of drug-likeness (QED) is 0.168. The van der Waals surface area contributed by atoms with Crippen LogP contribution < -0.4 is 0 Å². The number of furan rings is 1. The fourth-order valence-electron chi connectivity index (χ4n) is 7.99. The molecular weight excluding hydrogens is 671 g/mol. The molecule has 2 heterocycles. The largest absolute Gasteiger partial charge is 0.456 e. The first-order valence-electron chi connectivity index (χ1n) is 18.5. The van der Waals surface area contributed by atoms with Crippen LogP contribution in [-0.4, -0.2) is 15.0 Å². The van der Waals surface area contributed by atoms with E-state index in [1.807, 2.05) is 24.3 Å². The van der Waals surface area contributed by atoms with Gasteiger partial charge >= 0.3 is 0 Å². The maximum absolute atomic E-state index is 6.60. The fourth-order valence-corrected chi connectivity index (χ4v) is 7.99. The molecule has 0 saturated carbocycles. The molecule has 0 unspecified atom stereocenters. The maximum Gasteiger partial charge on any atom is 0.164 e. The average Bonchev–Trinajstić information content (AvgIpc) is 3.66. The van der Waals surface area contributed by atoms with Gasteiger partial charge in [-0.3, -0.25) is 0 Å². The van der Waals surface area contributed by atoms with E-state index in [0.29, 0.717) is 17.5 Å². The Labute approximate surface area is 317 Å². The summed E-state index contributed by atoms with van der Waals surface area (Å²) >= 11 is 0. The summed E-state index contributed by atoms with van der Waals surface area (Å²) in [5.41, 5.74) is 8.86. The molecular formula is C51H31N3O. The molecule has 0 fully saturated rings. The molecule has 0 aliphatic carbocycles. The van der Waals surface area contributed by atoms with Gasteiger partial charge < -0.3 is 4.42 Å². The standard InChI is InChI=1S/C51H31N3O/c1-2-10-32(11-3-1)34-20-26-37(27-21-34)49-52-50(40-29-22-33-12-4-5-14-38(33)30-40)54-51(53-49)43-17-9-19-46-48(43)47-42(16-8-18-45(47)55-46)39-28-25-36-24-23-35-13-6-7-15-41(35)44(36)31-39/h1-31H. The molecule has 0 aliphatic heterocycles. The SMILES string of the molecule is c1ccc(-c2ccc(-c3nc(-c4ccc5ccccc5c4)nc(-c4cccc5oc6cccc(-c7ccc8ccc9ccccc9c8c7)c6c45)n3)cc2)cc1. The zero-order valence-corrected chi connectivity index (χ0v) is 29.6. The Morgan fingerprint density at radius 3 is 1.62 bits per heavy atom. The molecule has 11 aromatic rings. The predicted molar refractivity (Wildman–Crippen MR) is 227 cm³/mol. The van der Waals surface area contributed by atoms with E-state index in [1.165, 1.54) is 26.9 Å². The third kappa shape index (κ3) is 5.34. The highest BCUT2D eigenvalue weighted by atomic mass is 16.3. The Morgan fingerprint density at radius 1 is 0.291 bits per heavy atom. The fraction of sp³-hybridized carbons (Fsp3) is 0. The molecule has 0 atom stereocenters. The minimum absolute atomic E-state index is 0.591. The van der Waals surface area contributed by atoms with Gasteiger partial charge in [0.25, 0.3) is 0 Å². The van der Waals surface area contributed by atoms with Crippen LogP contribution in [0.3, 0.4) is 0 Å². The summed E-state index contributed by atoms with van der Waals surface area (Å²) in [5, 5.41) is 9.21. The van der Waals surface area contributed by atoms with Crippen molar-refractivity contribution in [2.24, 2.45) is 0 Å². The third-order valence-corrected chi connectivity index (χ3v) is 10.7. The summed E-state index contributed by atoms with van der Waals surface area (Å²) in [6, 6.07) is 65.8. The highest BCUT2D eigenvalue weighted by Crippen LogP contribution is 2.42. The van der Waals surface area contributed by atoms with Crippen molar-refractivity contribution in [2.45, 2.75) is 0 Å². The van der Waals surface area contributed by atoms with Crippen molar-refractivity contribution in [3.63, 3.8) is 0 Å². The lowest BCUT2D eigenvalue weighted by atomic mass is 9.94. The number of benzene rings is 9. The molecule has 0 aliphatic rings. The van der Waals surface area contributed by atoms with Crippen molar-refractivity contribution in [3.05, 3.63) is 188 Å². The first-order valence-corrected chi connectivity index (χ1v) is 18.5. The van der Waals surface area contributed by atoms with Gasteiger partial charge in [-0.2, -0.15) is 0 Å². The van der Waals surface area contributed by atoms with E-state index in [2.05, 4.69) is 164 Å². The minimum atomic E-state index is 0.591. The zero-order chi connectivity index (χ0) is 36.3. The van der Waals surface area contributed by atoms with Crippen molar-refractivity contribution >= 4 is 54.3 Å². The second-order valence-corrected chi connectivity index (χ2v) is 14.0. The van der Waals surface area contributed by atoms with Gasteiger partial charge in [0.05, 0.1) is 0 Å². The molecule has 0 N–H and O–H groups in total. The molecule has 0 radical (unpaired) electrons. The van der Waals surface area contributed by atoms with Crippen LogP contribution in [0.4, 0.5) is 0 Å². The summed E-state index contributed by atoms with van der Waals surface area (Å²) in [4.78, 5) is 15.5. The van der Waals surface area contributed by atoms with E-state index in [-0.39, 0.29) is 0 Å². The minimum Gasteiger partial charge on any atom is -0.456 e. The van der Waals surface area contributed by atoms with E-state index in [4.69, 9.17) is 19.4 Å². The molecule has 4 nitrogen and oxygen atoms in total. The van der Waals surface area contributed by atoms with Crippen LogP contribution in [0.25, 0.3) is 111 Å². The average molecular weight is 702 g/mol. The monoisotopic (exact) mass is 701 g/mol. The van der Waals surface area contributed by atoms with Crippen molar-refractivity contribution < 1.29 is 4.42 Å². The molecule has 0 spiro atoms. The molecule has 11 rings (SSSR count). The van der Waals surface area contributed by atoms with Crippen molar-refractivity contribution in [1.82, 2.24) is 15.0 Å². The van der Waals surface area contributed by atoms with Gasteiger partial charge in [0.1, 0.15) is 11.2 Å². The van der Waals surface area contributed by atoms with Crippen LogP contribution in [-0.2, 0) is 0 Å². The van der Waals surface area contributed by atoms with E-state index in [9.17, 15) is 0 Å². The summed E-state index contributed by atoms with van der Waals surface area (Å²) < 4.78 is 6.60. The van der Waals surface area contributed by atoms with E-state index in [1.54, 1.807) is 0 Å².